The van der Waals surface area contributed by atoms with Gasteiger partial charge in [-0.05, 0) is 36.1 Å². The second kappa shape index (κ2) is 7.62. The van der Waals surface area contributed by atoms with Crippen LogP contribution in [0.2, 0.25) is 0 Å². The van der Waals surface area contributed by atoms with Gasteiger partial charge in [-0.2, -0.15) is 0 Å². The maximum atomic E-state index is 10.1. The van der Waals surface area contributed by atoms with Crippen LogP contribution in [0.5, 0.6) is 5.75 Å². The molecule has 0 radical (unpaired) electrons. The van der Waals surface area contributed by atoms with E-state index in [0.29, 0.717) is 0 Å². The lowest BCUT2D eigenvalue weighted by Crippen LogP contribution is -2.32. The van der Waals surface area contributed by atoms with Crippen molar-refractivity contribution in [1.29, 1.82) is 0 Å². The maximum absolute atomic E-state index is 10.1. The van der Waals surface area contributed by atoms with E-state index in [-0.39, 0.29) is 24.4 Å². The Morgan fingerprint density at radius 3 is 2.44 bits per heavy atom. The number of hydrogen-bond donors (Lipinski definition) is 2. The summed E-state index contributed by atoms with van der Waals surface area (Å²) in [4.78, 5) is 0. The summed E-state index contributed by atoms with van der Waals surface area (Å²) in [5, 5.41) is 10.1. The molecule has 0 saturated heterocycles. The monoisotopic (exact) mass is 273 g/mol. The van der Waals surface area contributed by atoms with Crippen molar-refractivity contribution in [2.75, 3.05) is 7.11 Å². The molecule has 0 amide bonds. The standard InChI is InChI=1S/C14H23NO2.ClH/c1-5-9(2)14(16)13(15)12-7-6-11(17-4)8-10(12)3;/h6-9,13-14,16H,5,15H2,1-4H3;1H/t9?,13-,14+;/m1./s1. The fraction of sp³-hybridized carbons (Fsp3) is 0.571. The van der Waals surface area contributed by atoms with E-state index in [0.717, 1.165) is 23.3 Å². The van der Waals surface area contributed by atoms with Crippen molar-refractivity contribution >= 4 is 12.4 Å². The molecular formula is C14H24ClNO2. The van der Waals surface area contributed by atoms with Crippen LogP contribution in [0, 0.1) is 12.8 Å². The molecule has 3 atom stereocenters. The molecular weight excluding hydrogens is 250 g/mol. The number of halogens is 1. The summed E-state index contributed by atoms with van der Waals surface area (Å²) in [7, 11) is 1.64. The molecule has 3 N–H and O–H groups in total. The third-order valence-electron chi connectivity index (χ3n) is 3.43. The predicted octanol–water partition coefficient (Wildman–Crippen LogP) is 2.83. The van der Waals surface area contributed by atoms with Gasteiger partial charge in [-0.3, -0.25) is 0 Å². The number of methoxy groups -OCH3 is 1. The van der Waals surface area contributed by atoms with Crippen LogP contribution in [-0.4, -0.2) is 18.3 Å². The van der Waals surface area contributed by atoms with E-state index in [2.05, 4.69) is 6.92 Å². The van der Waals surface area contributed by atoms with E-state index in [1.807, 2.05) is 32.0 Å². The van der Waals surface area contributed by atoms with Gasteiger partial charge in [-0.25, -0.2) is 0 Å². The van der Waals surface area contributed by atoms with E-state index >= 15 is 0 Å². The third-order valence-corrected chi connectivity index (χ3v) is 3.43. The van der Waals surface area contributed by atoms with E-state index in [1.165, 1.54) is 0 Å². The molecule has 1 aromatic carbocycles. The Labute approximate surface area is 116 Å². The zero-order valence-corrected chi connectivity index (χ0v) is 12.3. The topological polar surface area (TPSA) is 55.5 Å². The first-order valence-electron chi connectivity index (χ1n) is 6.09. The van der Waals surface area contributed by atoms with Crippen LogP contribution in [0.15, 0.2) is 18.2 Å². The summed E-state index contributed by atoms with van der Waals surface area (Å²) in [6.45, 7) is 6.06. The zero-order valence-electron chi connectivity index (χ0n) is 11.5. The minimum Gasteiger partial charge on any atom is -0.497 e. The summed E-state index contributed by atoms with van der Waals surface area (Å²) in [6, 6.07) is 5.42. The number of ether oxygens (including phenoxy) is 1. The van der Waals surface area contributed by atoms with Crippen LogP contribution in [0.25, 0.3) is 0 Å². The molecule has 0 aliphatic heterocycles. The van der Waals surface area contributed by atoms with Crippen LogP contribution in [0.1, 0.15) is 37.4 Å². The lowest BCUT2D eigenvalue weighted by atomic mass is 9.89. The molecule has 0 heterocycles. The Balaban J connectivity index is 0.00000289. The molecule has 18 heavy (non-hydrogen) atoms. The molecule has 1 unspecified atom stereocenters. The van der Waals surface area contributed by atoms with Gasteiger partial charge in [0.05, 0.1) is 19.3 Å². The Kier molecular flexibility index (Phi) is 7.29. The zero-order chi connectivity index (χ0) is 13.0. The molecule has 0 saturated carbocycles. The third kappa shape index (κ3) is 3.87. The molecule has 1 rings (SSSR count). The summed E-state index contributed by atoms with van der Waals surface area (Å²) < 4.78 is 5.16. The average molecular weight is 274 g/mol. The Morgan fingerprint density at radius 1 is 1.39 bits per heavy atom. The summed E-state index contributed by atoms with van der Waals surface area (Å²) in [6.07, 6.45) is 0.413. The predicted molar refractivity (Wildman–Crippen MR) is 77.4 cm³/mol. The summed E-state index contributed by atoms with van der Waals surface area (Å²) >= 11 is 0. The number of hydrogen-bond acceptors (Lipinski definition) is 3. The van der Waals surface area contributed by atoms with Gasteiger partial charge in [0.15, 0.2) is 0 Å². The van der Waals surface area contributed by atoms with Crippen molar-refractivity contribution in [1.82, 2.24) is 0 Å². The van der Waals surface area contributed by atoms with Crippen LogP contribution in [0.4, 0.5) is 0 Å². The molecule has 0 aliphatic carbocycles. The largest absolute Gasteiger partial charge is 0.497 e. The molecule has 0 aromatic heterocycles. The number of aliphatic hydroxyl groups excluding tert-OH is 1. The molecule has 0 spiro atoms. The minimum atomic E-state index is -0.507. The first-order chi connectivity index (χ1) is 8.01. The molecule has 4 heteroatoms. The first kappa shape index (κ1) is 17.2. The smallest absolute Gasteiger partial charge is 0.119 e. The van der Waals surface area contributed by atoms with Gasteiger partial charge in [0.1, 0.15) is 5.75 Å². The van der Waals surface area contributed by atoms with Crippen LogP contribution >= 0.6 is 12.4 Å². The molecule has 0 fully saturated rings. The number of benzene rings is 1. The fourth-order valence-corrected chi connectivity index (χ4v) is 1.93. The normalized spacial score (nSPS) is 15.4. The van der Waals surface area contributed by atoms with E-state index in [9.17, 15) is 5.11 Å². The van der Waals surface area contributed by atoms with Gasteiger partial charge in [0.25, 0.3) is 0 Å². The molecule has 3 nitrogen and oxygen atoms in total. The Hall–Kier alpha value is -0.770. The van der Waals surface area contributed by atoms with Gasteiger partial charge in [0.2, 0.25) is 0 Å². The molecule has 104 valence electrons. The number of aryl methyl sites for hydroxylation is 1. The second-order valence-corrected chi connectivity index (χ2v) is 4.62. The van der Waals surface area contributed by atoms with Crippen molar-refractivity contribution in [3.63, 3.8) is 0 Å². The van der Waals surface area contributed by atoms with Crippen molar-refractivity contribution in [2.24, 2.45) is 11.7 Å². The fourth-order valence-electron chi connectivity index (χ4n) is 1.93. The highest BCUT2D eigenvalue weighted by Gasteiger charge is 2.23. The van der Waals surface area contributed by atoms with E-state index < -0.39 is 6.10 Å². The number of aliphatic hydroxyl groups is 1. The van der Waals surface area contributed by atoms with Crippen LogP contribution in [-0.2, 0) is 0 Å². The van der Waals surface area contributed by atoms with Gasteiger partial charge in [-0.15, -0.1) is 12.4 Å². The highest BCUT2D eigenvalue weighted by atomic mass is 35.5. The Morgan fingerprint density at radius 2 is 2.00 bits per heavy atom. The van der Waals surface area contributed by atoms with Crippen LogP contribution < -0.4 is 10.5 Å². The van der Waals surface area contributed by atoms with Gasteiger partial charge in [0, 0.05) is 0 Å². The number of rotatable bonds is 5. The van der Waals surface area contributed by atoms with Crippen molar-refractivity contribution in [3.05, 3.63) is 29.3 Å². The van der Waals surface area contributed by atoms with E-state index in [4.69, 9.17) is 10.5 Å². The second-order valence-electron chi connectivity index (χ2n) is 4.62. The summed E-state index contributed by atoms with van der Waals surface area (Å²) in [5.74, 6) is 1.02. The van der Waals surface area contributed by atoms with Crippen molar-refractivity contribution in [2.45, 2.75) is 39.3 Å². The number of nitrogens with two attached hydrogens (primary N) is 1. The lowest BCUT2D eigenvalue weighted by Gasteiger charge is -2.25. The molecule has 0 bridgehead atoms. The maximum Gasteiger partial charge on any atom is 0.119 e. The molecule has 0 aliphatic rings. The van der Waals surface area contributed by atoms with Crippen molar-refractivity contribution < 1.29 is 9.84 Å². The summed E-state index contributed by atoms with van der Waals surface area (Å²) in [5.41, 5.74) is 8.16. The Bertz CT molecular complexity index is 371. The quantitative estimate of drug-likeness (QED) is 0.867. The lowest BCUT2D eigenvalue weighted by molar-refractivity contribution is 0.0877. The molecule has 1 aromatic rings. The van der Waals surface area contributed by atoms with Gasteiger partial charge < -0.3 is 15.6 Å². The SMILES string of the molecule is CCC(C)[C@H](O)[C@H](N)c1ccc(OC)cc1C.Cl. The highest BCUT2D eigenvalue weighted by Crippen LogP contribution is 2.26. The highest BCUT2D eigenvalue weighted by molar-refractivity contribution is 5.85. The average Bonchev–Trinajstić information content (AvgIpc) is 2.35. The minimum absolute atomic E-state index is 0. The first-order valence-corrected chi connectivity index (χ1v) is 6.09. The van der Waals surface area contributed by atoms with Gasteiger partial charge in [-0.1, -0.05) is 26.3 Å². The van der Waals surface area contributed by atoms with Gasteiger partial charge >= 0.3 is 0 Å². The van der Waals surface area contributed by atoms with E-state index in [1.54, 1.807) is 7.11 Å². The van der Waals surface area contributed by atoms with Crippen LogP contribution in [0.3, 0.4) is 0 Å². The van der Waals surface area contributed by atoms with Crippen molar-refractivity contribution in [3.8, 4) is 5.75 Å².